The maximum Gasteiger partial charge on any atom is 0.0432 e. The Kier molecular flexibility index (Phi) is 5.78. The van der Waals surface area contributed by atoms with Gasteiger partial charge in [-0.05, 0) is 61.4 Å². The average Bonchev–Trinajstić information content (AvgIpc) is 3.46. The molecule has 3 rings (SSSR count). The Balaban J connectivity index is 1.80. The average molecular weight is 325 g/mol. The van der Waals surface area contributed by atoms with Crippen LogP contribution >= 0.6 is 0 Å². The molecule has 2 fully saturated rings. The van der Waals surface area contributed by atoms with Gasteiger partial charge in [0.1, 0.15) is 0 Å². The smallest absolute Gasteiger partial charge is 0.0432 e. The number of hydrogen-bond acceptors (Lipinski definition) is 2. The van der Waals surface area contributed by atoms with Crippen LogP contribution in [0.15, 0.2) is 37.1 Å². The van der Waals surface area contributed by atoms with Crippen LogP contribution in [0.4, 0.5) is 0 Å². The van der Waals surface area contributed by atoms with Crippen LogP contribution in [0, 0.1) is 5.92 Å². The standard InChI is InChI=1S/C22H32N2/c1-4-7-19-10-9-18(5-2)14-21(19)16-24(22-11-12-22)17(3)20-8-6-13-23-15-20/h5,9-10,14,20,22-23H,2-4,6-8,11-13,15-16H2,1H3. The molecule has 0 radical (unpaired) electrons. The van der Waals surface area contributed by atoms with E-state index in [1.807, 2.05) is 6.08 Å². The normalized spacial score (nSPS) is 20.6. The van der Waals surface area contributed by atoms with Gasteiger partial charge in [-0.25, -0.2) is 0 Å². The Morgan fingerprint density at radius 1 is 1.29 bits per heavy atom. The summed E-state index contributed by atoms with van der Waals surface area (Å²) in [6, 6.07) is 7.54. The third-order valence-electron chi connectivity index (χ3n) is 5.45. The Morgan fingerprint density at radius 3 is 2.75 bits per heavy atom. The molecular weight excluding hydrogens is 292 g/mol. The predicted molar refractivity (Wildman–Crippen MR) is 104 cm³/mol. The zero-order valence-electron chi connectivity index (χ0n) is 15.2. The topological polar surface area (TPSA) is 15.3 Å². The Bertz CT molecular complexity index is 580. The largest absolute Gasteiger partial charge is 0.368 e. The first-order chi connectivity index (χ1) is 11.7. The van der Waals surface area contributed by atoms with Gasteiger partial charge in [-0.15, -0.1) is 0 Å². The molecule has 1 saturated carbocycles. The van der Waals surface area contributed by atoms with Crippen molar-refractivity contribution >= 4 is 6.08 Å². The molecule has 1 aliphatic carbocycles. The highest BCUT2D eigenvalue weighted by atomic mass is 15.2. The number of nitrogens with one attached hydrogen (secondary N) is 1. The van der Waals surface area contributed by atoms with E-state index >= 15 is 0 Å². The van der Waals surface area contributed by atoms with Crippen LogP contribution in [0.3, 0.4) is 0 Å². The maximum absolute atomic E-state index is 4.52. The van der Waals surface area contributed by atoms with Crippen LogP contribution in [-0.4, -0.2) is 24.0 Å². The fourth-order valence-electron chi connectivity index (χ4n) is 3.84. The molecule has 1 atom stereocenters. The molecule has 0 aromatic heterocycles. The van der Waals surface area contributed by atoms with Crippen molar-refractivity contribution in [2.24, 2.45) is 5.92 Å². The van der Waals surface area contributed by atoms with Gasteiger partial charge in [0.05, 0.1) is 0 Å². The molecule has 0 spiro atoms. The molecule has 1 aromatic carbocycles. The minimum Gasteiger partial charge on any atom is -0.368 e. The summed E-state index contributed by atoms with van der Waals surface area (Å²) in [5.74, 6) is 0.608. The summed E-state index contributed by atoms with van der Waals surface area (Å²) < 4.78 is 0. The zero-order valence-corrected chi connectivity index (χ0v) is 15.2. The lowest BCUT2D eigenvalue weighted by molar-refractivity contribution is 0.261. The van der Waals surface area contributed by atoms with E-state index in [1.165, 1.54) is 54.5 Å². The predicted octanol–water partition coefficient (Wildman–Crippen LogP) is 4.76. The van der Waals surface area contributed by atoms with Gasteiger partial charge >= 0.3 is 0 Å². The van der Waals surface area contributed by atoms with Gasteiger partial charge in [0, 0.05) is 30.7 Å². The highest BCUT2D eigenvalue weighted by Crippen LogP contribution is 2.35. The second-order valence-electron chi connectivity index (χ2n) is 7.38. The maximum atomic E-state index is 4.52. The summed E-state index contributed by atoms with van der Waals surface area (Å²) >= 11 is 0. The number of hydrogen-bond donors (Lipinski definition) is 1. The van der Waals surface area contributed by atoms with E-state index in [1.54, 1.807) is 0 Å². The van der Waals surface area contributed by atoms with Crippen molar-refractivity contribution in [2.75, 3.05) is 13.1 Å². The third kappa shape index (κ3) is 4.10. The molecule has 0 amide bonds. The zero-order chi connectivity index (χ0) is 16.9. The minimum atomic E-state index is 0.608. The van der Waals surface area contributed by atoms with Gasteiger partial charge in [-0.2, -0.15) is 0 Å². The first kappa shape index (κ1) is 17.3. The molecule has 1 aromatic rings. The van der Waals surface area contributed by atoms with Crippen LogP contribution in [0.25, 0.3) is 6.08 Å². The number of nitrogens with zero attached hydrogens (tertiary/aromatic N) is 1. The van der Waals surface area contributed by atoms with Crippen LogP contribution in [0.5, 0.6) is 0 Å². The van der Waals surface area contributed by atoms with Gasteiger partial charge in [0.2, 0.25) is 0 Å². The van der Waals surface area contributed by atoms with Gasteiger partial charge in [0.25, 0.3) is 0 Å². The number of piperidine rings is 1. The SMILES string of the molecule is C=Cc1ccc(CCC)c(CN(C(=C)C2CCCNC2)C2CC2)c1. The molecule has 1 N–H and O–H groups in total. The van der Waals surface area contributed by atoms with E-state index in [-0.39, 0.29) is 0 Å². The highest BCUT2D eigenvalue weighted by molar-refractivity contribution is 5.50. The van der Waals surface area contributed by atoms with E-state index in [2.05, 4.69) is 48.5 Å². The summed E-state index contributed by atoms with van der Waals surface area (Å²) in [6.07, 6.45) is 9.51. The molecule has 1 unspecified atom stereocenters. The second kappa shape index (κ2) is 8.02. The Labute approximate surface area is 147 Å². The molecular formula is C22H32N2. The lowest BCUT2D eigenvalue weighted by Gasteiger charge is -2.35. The van der Waals surface area contributed by atoms with Crippen molar-refractivity contribution in [3.05, 3.63) is 53.7 Å². The van der Waals surface area contributed by atoms with Gasteiger partial charge in [0.15, 0.2) is 0 Å². The van der Waals surface area contributed by atoms with E-state index in [0.717, 1.165) is 26.1 Å². The first-order valence-electron chi connectivity index (χ1n) is 9.63. The van der Waals surface area contributed by atoms with Crippen molar-refractivity contribution in [3.8, 4) is 0 Å². The van der Waals surface area contributed by atoms with Gasteiger partial charge < -0.3 is 10.2 Å². The molecule has 2 nitrogen and oxygen atoms in total. The molecule has 2 aliphatic rings. The molecule has 0 bridgehead atoms. The summed E-state index contributed by atoms with van der Waals surface area (Å²) in [7, 11) is 0. The molecule has 1 saturated heterocycles. The van der Waals surface area contributed by atoms with E-state index in [0.29, 0.717) is 12.0 Å². The van der Waals surface area contributed by atoms with E-state index in [4.69, 9.17) is 0 Å². The second-order valence-corrected chi connectivity index (χ2v) is 7.38. The minimum absolute atomic E-state index is 0.608. The monoisotopic (exact) mass is 324 g/mol. The Morgan fingerprint density at radius 2 is 2.12 bits per heavy atom. The van der Waals surface area contributed by atoms with Crippen LogP contribution < -0.4 is 5.32 Å². The third-order valence-corrected chi connectivity index (χ3v) is 5.45. The van der Waals surface area contributed by atoms with Crippen molar-refractivity contribution in [3.63, 3.8) is 0 Å². The number of aryl methyl sites for hydroxylation is 1. The Hall–Kier alpha value is -1.54. The van der Waals surface area contributed by atoms with Crippen molar-refractivity contribution in [2.45, 2.75) is 58.0 Å². The van der Waals surface area contributed by atoms with Gasteiger partial charge in [-0.1, -0.05) is 44.7 Å². The molecule has 2 heteroatoms. The first-order valence-corrected chi connectivity index (χ1v) is 9.63. The highest BCUT2D eigenvalue weighted by Gasteiger charge is 2.33. The lowest BCUT2D eigenvalue weighted by Crippen LogP contribution is -2.37. The van der Waals surface area contributed by atoms with Crippen LogP contribution in [0.1, 0.15) is 55.7 Å². The van der Waals surface area contributed by atoms with E-state index in [9.17, 15) is 0 Å². The van der Waals surface area contributed by atoms with Crippen LogP contribution in [0.2, 0.25) is 0 Å². The summed E-state index contributed by atoms with van der Waals surface area (Å²) in [5.41, 5.74) is 5.54. The quantitative estimate of drug-likeness (QED) is 0.741. The number of benzene rings is 1. The fourth-order valence-corrected chi connectivity index (χ4v) is 3.84. The molecule has 24 heavy (non-hydrogen) atoms. The summed E-state index contributed by atoms with van der Waals surface area (Å²) in [5, 5.41) is 3.54. The summed E-state index contributed by atoms with van der Waals surface area (Å²) in [4.78, 5) is 2.61. The van der Waals surface area contributed by atoms with Crippen molar-refractivity contribution in [1.29, 1.82) is 0 Å². The molecule has 130 valence electrons. The van der Waals surface area contributed by atoms with Crippen LogP contribution in [-0.2, 0) is 13.0 Å². The van der Waals surface area contributed by atoms with E-state index < -0.39 is 0 Å². The van der Waals surface area contributed by atoms with Crippen molar-refractivity contribution < 1.29 is 0 Å². The van der Waals surface area contributed by atoms with Gasteiger partial charge in [-0.3, -0.25) is 0 Å². The lowest BCUT2D eigenvalue weighted by atomic mass is 9.94. The molecule has 1 aliphatic heterocycles. The van der Waals surface area contributed by atoms with Crippen molar-refractivity contribution in [1.82, 2.24) is 10.2 Å². The fraction of sp³-hybridized carbons (Fsp3) is 0.545. The molecule has 1 heterocycles. The number of rotatable bonds is 8. The summed E-state index contributed by atoms with van der Waals surface area (Å²) in [6.45, 7) is 14.0.